The van der Waals surface area contributed by atoms with E-state index >= 15 is 0 Å². The minimum Gasteiger partial charge on any atom is -0.447 e. The summed E-state index contributed by atoms with van der Waals surface area (Å²) < 4.78 is 5.52. The maximum atomic E-state index is 14.0. The van der Waals surface area contributed by atoms with Gasteiger partial charge >= 0.3 is 6.09 Å². The highest BCUT2D eigenvalue weighted by Crippen LogP contribution is 2.48. The molecule has 172 valence electrons. The van der Waals surface area contributed by atoms with Crippen LogP contribution in [0.25, 0.3) is 0 Å². The van der Waals surface area contributed by atoms with Crippen LogP contribution in [0.4, 0.5) is 4.79 Å². The van der Waals surface area contributed by atoms with Gasteiger partial charge in [0.2, 0.25) is 0 Å². The first-order valence-corrected chi connectivity index (χ1v) is 18.7. The second-order valence-electron chi connectivity index (χ2n) is 12.0. The van der Waals surface area contributed by atoms with E-state index in [1.807, 2.05) is 37.3 Å². The van der Waals surface area contributed by atoms with Crippen molar-refractivity contribution in [1.29, 1.82) is 0 Å². The minimum absolute atomic E-state index is 0.0142. The Balaban J connectivity index is 2.06. The molecular formula is C24H40N2O3Si2. The van der Waals surface area contributed by atoms with E-state index in [9.17, 15) is 9.59 Å². The van der Waals surface area contributed by atoms with Crippen LogP contribution >= 0.6 is 0 Å². The molecule has 31 heavy (non-hydrogen) atoms. The fourth-order valence-corrected chi connectivity index (χ4v) is 18.7. The Hall–Kier alpha value is -1.61. The molecule has 0 saturated carbocycles. The predicted octanol–water partition coefficient (Wildman–Crippen LogP) is 5.32. The normalized spacial score (nSPS) is 27.2. The molecule has 7 heteroatoms. The molecule has 0 aliphatic carbocycles. The van der Waals surface area contributed by atoms with Gasteiger partial charge in [0.1, 0.15) is 12.1 Å². The molecule has 1 aromatic carbocycles. The lowest BCUT2D eigenvalue weighted by Crippen LogP contribution is -2.85. The van der Waals surface area contributed by atoms with Gasteiger partial charge in [0.15, 0.2) is 0 Å². The summed E-state index contributed by atoms with van der Waals surface area (Å²) in [6.07, 6.45) is 0.523. The number of ether oxygens (including phenoxy) is 1. The van der Waals surface area contributed by atoms with Crippen LogP contribution < -0.4 is 0 Å². The molecule has 2 fully saturated rings. The number of carbonyl (C=O) groups is 2. The molecule has 2 heterocycles. The number of cyclic esters (lactones) is 1. The van der Waals surface area contributed by atoms with Crippen LogP contribution in [0.3, 0.4) is 0 Å². The Kier molecular flexibility index (Phi) is 6.26. The van der Waals surface area contributed by atoms with Gasteiger partial charge < -0.3 is 9.64 Å². The molecule has 2 saturated heterocycles. The molecule has 0 radical (unpaired) electrons. The zero-order valence-corrected chi connectivity index (χ0v) is 22.7. The Labute approximate surface area is 190 Å². The van der Waals surface area contributed by atoms with Crippen molar-refractivity contribution in [2.24, 2.45) is 5.92 Å². The summed E-state index contributed by atoms with van der Waals surface area (Å²) in [4.78, 5) is 31.0. The molecule has 5 nitrogen and oxygen atoms in total. The molecule has 1 aromatic rings. The summed E-state index contributed by atoms with van der Waals surface area (Å²) in [5.74, 6) is 0.533. The van der Waals surface area contributed by atoms with Crippen LogP contribution in [-0.2, 0) is 9.53 Å². The molecule has 0 unspecified atom stereocenters. The van der Waals surface area contributed by atoms with Crippen molar-refractivity contribution in [3.63, 3.8) is 0 Å². The molecule has 0 spiro atoms. The highest BCUT2D eigenvalue weighted by Gasteiger charge is 2.68. The first kappa shape index (κ1) is 24.0. The van der Waals surface area contributed by atoms with Gasteiger partial charge in [-0.2, -0.15) is 0 Å². The van der Waals surface area contributed by atoms with Gasteiger partial charge in [-0.15, -0.1) is 0 Å². The maximum Gasteiger partial charge on any atom is 0.411 e. The SMILES string of the molecule is CC(C)C[C@H]1N(C([Si](C)(C)C)[Si](C)(C)C)C(=O)[C@@]1(C)N1C(=O)OC[C@@H]1c1ccccc1. The molecule has 3 rings (SSSR count). The lowest BCUT2D eigenvalue weighted by atomic mass is 9.74. The average Bonchev–Trinajstić information content (AvgIpc) is 3.04. The Morgan fingerprint density at radius 3 is 2.06 bits per heavy atom. The van der Waals surface area contributed by atoms with Gasteiger partial charge in [0, 0.05) is 5.29 Å². The fraction of sp³-hybridized carbons (Fsp3) is 0.667. The van der Waals surface area contributed by atoms with E-state index in [0.29, 0.717) is 17.8 Å². The number of carbonyl (C=O) groups excluding carboxylic acids is 2. The summed E-state index contributed by atoms with van der Waals surface area (Å²) in [5, 5.41) is 0.332. The van der Waals surface area contributed by atoms with Gasteiger partial charge in [-0.3, -0.25) is 9.69 Å². The van der Waals surface area contributed by atoms with Gasteiger partial charge in [-0.05, 0) is 24.8 Å². The third-order valence-corrected chi connectivity index (χ3v) is 15.9. The third-order valence-electron chi connectivity index (χ3n) is 6.82. The third kappa shape index (κ3) is 4.11. The van der Waals surface area contributed by atoms with Crippen molar-refractivity contribution < 1.29 is 14.3 Å². The van der Waals surface area contributed by atoms with Gasteiger partial charge in [0.05, 0.1) is 28.2 Å². The largest absolute Gasteiger partial charge is 0.447 e. The predicted molar refractivity (Wildman–Crippen MR) is 131 cm³/mol. The van der Waals surface area contributed by atoms with Gasteiger partial charge in [0.25, 0.3) is 5.91 Å². The molecular weight excluding hydrogens is 420 g/mol. The van der Waals surface area contributed by atoms with Gasteiger partial charge in [-0.25, -0.2) is 4.79 Å². The Morgan fingerprint density at radius 1 is 1.03 bits per heavy atom. The highest BCUT2D eigenvalue weighted by atomic mass is 28.4. The van der Waals surface area contributed by atoms with E-state index < -0.39 is 21.7 Å². The van der Waals surface area contributed by atoms with E-state index in [1.54, 1.807) is 4.90 Å². The quantitative estimate of drug-likeness (QED) is 0.409. The minimum atomic E-state index is -1.66. The smallest absolute Gasteiger partial charge is 0.411 e. The number of benzene rings is 1. The lowest BCUT2D eigenvalue weighted by Gasteiger charge is -2.64. The second-order valence-corrected chi connectivity index (χ2v) is 23.1. The van der Waals surface area contributed by atoms with Crippen molar-refractivity contribution in [3.05, 3.63) is 35.9 Å². The lowest BCUT2D eigenvalue weighted by molar-refractivity contribution is -0.174. The number of β-lactam (4-membered cyclic amide) rings is 1. The number of rotatable bonds is 7. The van der Waals surface area contributed by atoms with E-state index in [1.165, 1.54) is 0 Å². The Bertz CT molecular complexity index is 817. The number of hydrogen-bond donors (Lipinski definition) is 0. The molecule has 3 atom stereocenters. The summed E-state index contributed by atoms with van der Waals surface area (Å²) >= 11 is 0. The van der Waals surface area contributed by atoms with Crippen LogP contribution in [0.15, 0.2) is 30.3 Å². The summed E-state index contributed by atoms with van der Waals surface area (Å²) in [6, 6.07) is 9.76. The van der Waals surface area contributed by atoms with Crippen LogP contribution in [0.2, 0.25) is 39.3 Å². The highest BCUT2D eigenvalue weighted by molar-refractivity contribution is 6.96. The van der Waals surface area contributed by atoms with Crippen molar-refractivity contribution in [2.75, 3.05) is 6.61 Å². The van der Waals surface area contributed by atoms with Crippen molar-refractivity contribution in [1.82, 2.24) is 9.80 Å². The number of hydrogen-bond acceptors (Lipinski definition) is 3. The van der Waals surface area contributed by atoms with E-state index in [4.69, 9.17) is 4.74 Å². The van der Waals surface area contributed by atoms with E-state index in [0.717, 1.165) is 12.0 Å². The summed E-state index contributed by atoms with van der Waals surface area (Å²) in [5.41, 5.74) is 0.159. The fourth-order valence-electron chi connectivity index (χ4n) is 6.09. The zero-order chi connectivity index (χ0) is 23.4. The standard InChI is InChI=1S/C24H40N2O3Si2/c1-17(2)15-20-24(3,21(27)25(20)23(30(4,5)6)31(7,8)9)26-19(16-29-22(26)28)18-13-11-10-12-14-18/h10-14,17,19-20,23H,15-16H2,1-9H3/t19-,20-,24+/m1/s1. The van der Waals surface area contributed by atoms with Crippen molar-refractivity contribution in [3.8, 4) is 0 Å². The van der Waals surface area contributed by atoms with Crippen LogP contribution in [-0.4, -0.2) is 61.4 Å². The average molecular weight is 461 g/mol. The van der Waals surface area contributed by atoms with Crippen molar-refractivity contribution >= 4 is 28.1 Å². The second kappa shape index (κ2) is 8.07. The van der Waals surface area contributed by atoms with Crippen molar-refractivity contribution in [2.45, 2.75) is 89.4 Å². The summed E-state index contributed by atoms with van der Waals surface area (Å²) in [6.45, 7) is 20.9. The monoisotopic (exact) mass is 460 g/mol. The Morgan fingerprint density at radius 2 is 1.58 bits per heavy atom. The number of amides is 2. The molecule has 2 aliphatic rings. The first-order chi connectivity index (χ1) is 14.2. The molecule has 0 aromatic heterocycles. The van der Waals surface area contributed by atoms with Gasteiger partial charge in [-0.1, -0.05) is 83.5 Å². The number of likely N-dealkylation sites (tertiary alicyclic amines) is 1. The summed E-state index contributed by atoms with van der Waals surface area (Å²) in [7, 11) is -3.31. The molecule has 2 amide bonds. The van der Waals surface area contributed by atoms with E-state index in [2.05, 4.69) is 58.0 Å². The molecule has 0 N–H and O–H groups in total. The van der Waals surface area contributed by atoms with Crippen LogP contribution in [0, 0.1) is 5.92 Å². The van der Waals surface area contributed by atoms with Crippen LogP contribution in [0.1, 0.15) is 38.8 Å². The van der Waals surface area contributed by atoms with E-state index in [-0.39, 0.29) is 24.1 Å². The molecule has 0 bridgehead atoms. The zero-order valence-electron chi connectivity index (χ0n) is 20.7. The topological polar surface area (TPSA) is 49.9 Å². The number of nitrogens with zero attached hydrogens (tertiary/aromatic N) is 2. The molecule has 2 aliphatic heterocycles. The maximum absolute atomic E-state index is 14.0. The first-order valence-electron chi connectivity index (χ1n) is 11.5. The van der Waals surface area contributed by atoms with Crippen LogP contribution in [0.5, 0.6) is 0 Å².